The molecule has 0 N–H and O–H groups in total. The molecule has 1 fully saturated rings. The molecule has 3 rings (SSSR count). The van der Waals surface area contributed by atoms with Crippen molar-refractivity contribution in [3.05, 3.63) is 70.7 Å². The topological polar surface area (TPSA) is 53.1 Å². The zero-order chi connectivity index (χ0) is 21.5. The van der Waals surface area contributed by atoms with Gasteiger partial charge in [-0.1, -0.05) is 60.1 Å². The van der Waals surface area contributed by atoms with Crippen molar-refractivity contribution in [2.75, 3.05) is 46.9 Å². The number of methoxy groups -OCH3 is 1. The predicted molar refractivity (Wildman–Crippen MR) is 117 cm³/mol. The van der Waals surface area contributed by atoms with Crippen LogP contribution < -0.4 is 0 Å². The number of nitrogens with zero attached hydrogens (tertiary/aromatic N) is 3. The van der Waals surface area contributed by atoms with Crippen molar-refractivity contribution < 1.29 is 14.3 Å². The number of carbonyl (C=O) groups excluding carboxylic acids is 2. The Labute approximate surface area is 183 Å². The molecule has 0 saturated carbocycles. The number of esters is 1. The number of carbonyl (C=O) groups is 2. The highest BCUT2D eigenvalue weighted by Crippen LogP contribution is 2.29. The molecule has 0 radical (unpaired) electrons. The fourth-order valence-corrected chi connectivity index (χ4v) is 3.96. The van der Waals surface area contributed by atoms with Crippen LogP contribution in [0.2, 0.25) is 5.02 Å². The van der Waals surface area contributed by atoms with Gasteiger partial charge < -0.3 is 9.64 Å². The van der Waals surface area contributed by atoms with Crippen LogP contribution in [0.15, 0.2) is 54.6 Å². The number of amides is 1. The summed E-state index contributed by atoms with van der Waals surface area (Å²) in [5.74, 6) is -0.238. The van der Waals surface area contributed by atoms with E-state index in [1.54, 1.807) is 11.0 Å². The van der Waals surface area contributed by atoms with Crippen molar-refractivity contribution in [1.29, 1.82) is 0 Å². The number of rotatable bonds is 7. The Kier molecular flexibility index (Phi) is 7.85. The van der Waals surface area contributed by atoms with Crippen molar-refractivity contribution in [2.24, 2.45) is 0 Å². The minimum atomic E-state index is -0.540. The first-order chi connectivity index (χ1) is 14.5. The smallest absolute Gasteiger partial charge is 0.327 e. The third-order valence-electron chi connectivity index (χ3n) is 5.44. The van der Waals surface area contributed by atoms with Crippen molar-refractivity contribution >= 4 is 23.5 Å². The Bertz CT molecular complexity index is 854. The first-order valence-corrected chi connectivity index (χ1v) is 10.4. The quantitative estimate of drug-likeness (QED) is 0.633. The van der Waals surface area contributed by atoms with E-state index >= 15 is 0 Å². The van der Waals surface area contributed by atoms with Gasteiger partial charge in [-0.15, -0.1) is 0 Å². The molecule has 1 aliphatic heterocycles. The first-order valence-electron chi connectivity index (χ1n) is 10.1. The van der Waals surface area contributed by atoms with Crippen LogP contribution in [0.5, 0.6) is 0 Å². The molecule has 1 atom stereocenters. The van der Waals surface area contributed by atoms with E-state index in [0.717, 1.165) is 11.1 Å². The Morgan fingerprint density at radius 1 is 1.03 bits per heavy atom. The molecule has 0 aliphatic carbocycles. The largest absolute Gasteiger partial charge is 0.468 e. The summed E-state index contributed by atoms with van der Waals surface area (Å²) in [5.41, 5.74) is 1.86. The highest BCUT2D eigenvalue weighted by atomic mass is 35.5. The molecule has 160 valence electrons. The summed E-state index contributed by atoms with van der Waals surface area (Å²) in [5, 5.41) is 0.549. The van der Waals surface area contributed by atoms with Crippen LogP contribution in [0.3, 0.4) is 0 Å². The van der Waals surface area contributed by atoms with Gasteiger partial charge in [0.2, 0.25) is 5.91 Å². The Balaban J connectivity index is 1.57. The lowest BCUT2D eigenvalue weighted by molar-refractivity contribution is -0.148. The van der Waals surface area contributed by atoms with Crippen LogP contribution in [0.1, 0.15) is 17.2 Å². The maximum atomic E-state index is 12.6. The lowest BCUT2D eigenvalue weighted by Gasteiger charge is -2.38. The SMILES string of the molecule is COC(=O)C(c1ccccc1Cl)N1CCN(CC(=O)N(C)Cc2ccccc2)CC1. The minimum absolute atomic E-state index is 0.0860. The molecule has 30 heavy (non-hydrogen) atoms. The van der Waals surface area contributed by atoms with E-state index < -0.39 is 6.04 Å². The fraction of sp³-hybridized carbons (Fsp3) is 0.391. The number of halogens is 1. The number of hydrogen-bond acceptors (Lipinski definition) is 5. The number of piperazine rings is 1. The van der Waals surface area contributed by atoms with Gasteiger partial charge in [-0.3, -0.25) is 14.6 Å². The number of hydrogen-bond donors (Lipinski definition) is 0. The van der Waals surface area contributed by atoms with Gasteiger partial charge in [-0.05, 0) is 17.2 Å². The third kappa shape index (κ3) is 5.59. The molecule has 0 aromatic heterocycles. The van der Waals surface area contributed by atoms with Gasteiger partial charge in [0.05, 0.1) is 13.7 Å². The van der Waals surface area contributed by atoms with Gasteiger partial charge in [0, 0.05) is 44.8 Å². The number of ether oxygens (including phenoxy) is 1. The summed E-state index contributed by atoms with van der Waals surface area (Å²) in [4.78, 5) is 31.1. The first kappa shape index (κ1) is 22.3. The van der Waals surface area contributed by atoms with Crippen LogP contribution in [-0.2, 0) is 20.9 Å². The average molecular weight is 430 g/mol. The lowest BCUT2D eigenvalue weighted by atomic mass is 10.0. The molecule has 7 heteroatoms. The molecule has 2 aromatic carbocycles. The van der Waals surface area contributed by atoms with Crippen LogP contribution in [-0.4, -0.2) is 73.5 Å². The summed E-state index contributed by atoms with van der Waals surface area (Å²) < 4.78 is 5.04. The molecule has 6 nitrogen and oxygen atoms in total. The number of likely N-dealkylation sites (N-methyl/N-ethyl adjacent to an activating group) is 1. The maximum absolute atomic E-state index is 12.6. The van der Waals surface area contributed by atoms with E-state index in [-0.39, 0.29) is 11.9 Å². The van der Waals surface area contributed by atoms with Gasteiger partial charge in [0.25, 0.3) is 0 Å². The molecule has 1 amide bonds. The molecule has 0 spiro atoms. The summed E-state index contributed by atoms with van der Waals surface area (Å²) in [6.45, 7) is 3.66. The Morgan fingerprint density at radius 2 is 1.67 bits per heavy atom. The maximum Gasteiger partial charge on any atom is 0.327 e. The van der Waals surface area contributed by atoms with Crippen molar-refractivity contribution in [1.82, 2.24) is 14.7 Å². The van der Waals surface area contributed by atoms with Crippen molar-refractivity contribution in [3.8, 4) is 0 Å². The molecular formula is C23H28ClN3O3. The van der Waals surface area contributed by atoms with Crippen LogP contribution in [0, 0.1) is 0 Å². The molecule has 0 bridgehead atoms. The van der Waals surface area contributed by atoms with E-state index in [1.165, 1.54) is 7.11 Å². The molecular weight excluding hydrogens is 402 g/mol. The second-order valence-electron chi connectivity index (χ2n) is 7.49. The normalized spacial score (nSPS) is 16.1. The summed E-state index contributed by atoms with van der Waals surface area (Å²) in [7, 11) is 3.22. The zero-order valence-electron chi connectivity index (χ0n) is 17.5. The number of benzene rings is 2. The zero-order valence-corrected chi connectivity index (χ0v) is 18.2. The van der Waals surface area contributed by atoms with Crippen molar-refractivity contribution in [2.45, 2.75) is 12.6 Å². The second kappa shape index (κ2) is 10.6. The van der Waals surface area contributed by atoms with Crippen LogP contribution in [0.25, 0.3) is 0 Å². The van der Waals surface area contributed by atoms with E-state index in [1.807, 2.05) is 55.6 Å². The molecule has 1 saturated heterocycles. The standard InChI is InChI=1S/C23H28ClN3O3/c1-25(16-18-8-4-3-5-9-18)21(28)17-26-12-14-27(15-13-26)22(23(29)30-2)19-10-6-7-11-20(19)24/h3-11,22H,12-17H2,1-2H3. The van der Waals surface area contributed by atoms with E-state index in [4.69, 9.17) is 16.3 Å². The molecule has 1 unspecified atom stereocenters. The highest BCUT2D eigenvalue weighted by molar-refractivity contribution is 6.31. The highest BCUT2D eigenvalue weighted by Gasteiger charge is 2.33. The summed E-state index contributed by atoms with van der Waals surface area (Å²) in [6, 6.07) is 16.8. The van der Waals surface area contributed by atoms with E-state index in [9.17, 15) is 9.59 Å². The molecule has 1 heterocycles. The minimum Gasteiger partial charge on any atom is -0.468 e. The lowest BCUT2D eigenvalue weighted by Crippen LogP contribution is -2.51. The van der Waals surface area contributed by atoms with Gasteiger partial charge in [0.15, 0.2) is 0 Å². The predicted octanol–water partition coefficient (Wildman–Crippen LogP) is 2.83. The van der Waals surface area contributed by atoms with Gasteiger partial charge >= 0.3 is 5.97 Å². The summed E-state index contributed by atoms with van der Waals surface area (Å²) in [6.07, 6.45) is 0. The van der Waals surface area contributed by atoms with Gasteiger partial charge in [-0.2, -0.15) is 0 Å². The van der Waals surface area contributed by atoms with Gasteiger partial charge in [0.1, 0.15) is 6.04 Å². The van der Waals surface area contributed by atoms with E-state index in [0.29, 0.717) is 44.3 Å². The van der Waals surface area contributed by atoms with Crippen LogP contribution >= 0.6 is 11.6 Å². The Morgan fingerprint density at radius 3 is 2.30 bits per heavy atom. The van der Waals surface area contributed by atoms with E-state index in [2.05, 4.69) is 9.80 Å². The summed E-state index contributed by atoms with van der Waals surface area (Å²) >= 11 is 6.34. The fourth-order valence-electron chi connectivity index (χ4n) is 3.72. The Hall–Kier alpha value is -2.41. The van der Waals surface area contributed by atoms with Crippen molar-refractivity contribution in [3.63, 3.8) is 0 Å². The molecule has 2 aromatic rings. The third-order valence-corrected chi connectivity index (χ3v) is 5.79. The van der Waals surface area contributed by atoms with Gasteiger partial charge in [-0.25, -0.2) is 4.79 Å². The molecule has 1 aliphatic rings. The monoisotopic (exact) mass is 429 g/mol. The second-order valence-corrected chi connectivity index (χ2v) is 7.90. The average Bonchev–Trinajstić information content (AvgIpc) is 2.77. The van der Waals surface area contributed by atoms with Crippen LogP contribution in [0.4, 0.5) is 0 Å².